The van der Waals surface area contributed by atoms with Crippen LogP contribution in [0.15, 0.2) is 57.5 Å². The molecule has 0 bridgehead atoms. The third-order valence-corrected chi connectivity index (χ3v) is 6.39. The van der Waals surface area contributed by atoms with Crippen molar-refractivity contribution in [2.45, 2.75) is 90.3 Å². The van der Waals surface area contributed by atoms with E-state index in [0.717, 1.165) is 20.1 Å². The summed E-state index contributed by atoms with van der Waals surface area (Å²) in [4.78, 5) is 59.6. The molecule has 2 rings (SSSR count). The number of esters is 3. The van der Waals surface area contributed by atoms with E-state index in [1.807, 2.05) is 74.2 Å². The Morgan fingerprint density at radius 3 is 1.37 bits per heavy atom. The zero-order chi connectivity index (χ0) is 36.8. The van der Waals surface area contributed by atoms with Crippen LogP contribution in [0.5, 0.6) is 0 Å². The number of halogens is 3. The van der Waals surface area contributed by atoms with E-state index in [1.54, 1.807) is 20.8 Å². The van der Waals surface area contributed by atoms with Crippen LogP contribution in [-0.4, -0.2) is 58.7 Å². The third-order valence-electron chi connectivity index (χ3n) is 5.41. The Balaban J connectivity index is -0.000000222. The van der Waals surface area contributed by atoms with Crippen molar-refractivity contribution in [3.05, 3.63) is 68.6 Å². The molecule has 2 aromatic rings. The van der Waals surface area contributed by atoms with Crippen molar-refractivity contribution in [3.8, 4) is 0 Å². The molecule has 2 aromatic carbocycles. The van der Waals surface area contributed by atoms with Crippen LogP contribution in [0.2, 0.25) is 0 Å². The second-order valence-corrected chi connectivity index (χ2v) is 13.5. The van der Waals surface area contributed by atoms with Gasteiger partial charge in [-0.1, -0.05) is 78.7 Å². The van der Waals surface area contributed by atoms with Crippen molar-refractivity contribution < 1.29 is 158 Å². The van der Waals surface area contributed by atoms with Gasteiger partial charge in [0.05, 0.1) is 32.8 Å². The Hall–Kier alpha value is 0.713. The normalized spacial score (nSPS) is 11.2. The molecule has 0 aromatic heterocycles. The van der Waals surface area contributed by atoms with Crippen molar-refractivity contribution in [1.29, 1.82) is 0 Å². The van der Waals surface area contributed by atoms with E-state index in [1.165, 1.54) is 7.11 Å². The number of aliphatic carboxylic acids is 1. The van der Waals surface area contributed by atoms with Gasteiger partial charge in [0.25, 0.3) is 6.47 Å². The van der Waals surface area contributed by atoms with Crippen LogP contribution in [0, 0.1) is 0 Å². The van der Waals surface area contributed by atoms with Gasteiger partial charge in [-0.05, 0) is 81.9 Å². The quantitative estimate of drug-likeness (QED) is 0.0503. The minimum atomic E-state index is -0.932. The van der Waals surface area contributed by atoms with Crippen LogP contribution < -0.4 is 108 Å². The van der Waals surface area contributed by atoms with Crippen LogP contribution in [0.25, 0.3) is 0 Å². The average molecular weight is 983 g/mol. The number of rotatable bonds is 11. The average Bonchev–Trinajstić information content (AvgIpc) is 2.95. The fraction of sp³-hybridized carbons (Fsp3) is 0.485. The molecular weight excluding hydrogens is 937 g/mol. The standard InChI is InChI=1S/C16H21BrO4.C15H19BrO4.CH3I.CH2O3.2K.H/c1-16(2,3)21-15(19)10-12(9-14(18)20-4)11-6-5-7-13(17)8-11;1-15(2,3)20-14(19)9-11(8-13(17)18)10-5-4-6-12(16)7-10;1-2;2-1-4-3;;;/h5-8,12H,9-10H2,1-4H3;4-7,11H,8-9H2,1-3H3,(H,17,18);1H3;1,3H;;;/q;;;;2*+1;-1/p-1/t12-;11-;;;;;/m11...../s1. The second-order valence-electron chi connectivity index (χ2n) is 11.7. The summed E-state index contributed by atoms with van der Waals surface area (Å²) in [6, 6.07) is 14.9. The fourth-order valence-corrected chi connectivity index (χ4v) is 4.63. The zero-order valence-electron chi connectivity index (χ0n) is 30.8. The van der Waals surface area contributed by atoms with Gasteiger partial charge in [0, 0.05) is 20.8 Å². The van der Waals surface area contributed by atoms with E-state index in [-0.39, 0.29) is 166 Å². The van der Waals surface area contributed by atoms with E-state index in [9.17, 15) is 19.2 Å². The molecule has 0 amide bonds. The smallest absolute Gasteiger partial charge is 1.00 e. The monoisotopic (exact) mass is 980 g/mol. The number of hydrogen-bond acceptors (Lipinski definition) is 10. The summed E-state index contributed by atoms with van der Waals surface area (Å²) in [5, 5.41) is 17.4. The molecule has 0 heterocycles. The van der Waals surface area contributed by atoms with Crippen LogP contribution in [0.1, 0.15) is 91.6 Å². The fourth-order valence-electron chi connectivity index (χ4n) is 3.80. The van der Waals surface area contributed by atoms with Crippen molar-refractivity contribution in [3.63, 3.8) is 0 Å². The van der Waals surface area contributed by atoms with Gasteiger partial charge in [0.2, 0.25) is 0 Å². The number of carbonyl (C=O) groups is 5. The minimum absolute atomic E-state index is 0. The first-order valence-electron chi connectivity index (χ1n) is 14.1. The van der Waals surface area contributed by atoms with E-state index < -0.39 is 17.2 Å². The molecule has 266 valence electrons. The van der Waals surface area contributed by atoms with Gasteiger partial charge in [-0.15, -0.1) is 0 Å². The van der Waals surface area contributed by atoms with Gasteiger partial charge in [0.1, 0.15) is 11.2 Å². The molecule has 2 atom stereocenters. The summed E-state index contributed by atoms with van der Waals surface area (Å²) in [6.07, 6.45) is 0.241. The molecule has 0 saturated heterocycles. The van der Waals surface area contributed by atoms with Crippen LogP contribution >= 0.6 is 54.5 Å². The van der Waals surface area contributed by atoms with Gasteiger partial charge < -0.3 is 30.9 Å². The number of methoxy groups -OCH3 is 1. The number of benzene rings is 2. The maximum atomic E-state index is 12.0. The Morgan fingerprint density at radius 1 is 0.776 bits per heavy atom. The van der Waals surface area contributed by atoms with E-state index >= 15 is 0 Å². The number of carbonyl (C=O) groups excluding carboxylic acids is 4. The molecule has 1 N–H and O–H groups in total. The van der Waals surface area contributed by atoms with Crippen molar-refractivity contribution >= 4 is 84.8 Å². The number of carboxylic acids is 1. The molecule has 0 aliphatic rings. The Morgan fingerprint density at radius 2 is 1.10 bits per heavy atom. The van der Waals surface area contributed by atoms with Crippen LogP contribution in [0.4, 0.5) is 0 Å². The molecule has 16 heteroatoms. The molecule has 0 fully saturated rings. The minimum Gasteiger partial charge on any atom is -1.00 e. The molecular formula is C33H45Br2IK2O11. The molecule has 0 aliphatic carbocycles. The van der Waals surface area contributed by atoms with Crippen LogP contribution in [-0.2, 0) is 43.1 Å². The van der Waals surface area contributed by atoms with Gasteiger partial charge in [0.15, 0.2) is 0 Å². The predicted octanol–water partition coefficient (Wildman–Crippen LogP) is 1.17. The maximum Gasteiger partial charge on any atom is 1.00 e. The summed E-state index contributed by atoms with van der Waals surface area (Å²) in [5.41, 5.74) is 0.611. The Bertz CT molecular complexity index is 1280. The van der Waals surface area contributed by atoms with Gasteiger partial charge in [-0.3, -0.25) is 24.0 Å². The topological polar surface area (TPSA) is 166 Å². The maximum absolute atomic E-state index is 12.0. The SMILES string of the molecule is CC(C)(C)OC(=O)C[C@@H](CC(=O)O)c1cccc(Br)c1.CI.COC(=O)C[C@H](CC(=O)OC(C)(C)C)c1cccc(Br)c1.O=CO[O-].[H-].[K+].[K+]. The Kier molecular flexibility index (Phi) is 35.8. The first-order chi connectivity index (χ1) is 21.8. The van der Waals surface area contributed by atoms with Crippen molar-refractivity contribution in [2.24, 2.45) is 0 Å². The number of ether oxygens (including phenoxy) is 3. The number of carboxylic acid groups (broad SMARTS) is 1. The summed E-state index contributed by atoms with van der Waals surface area (Å²) in [5.74, 6) is -2.63. The molecule has 0 aliphatic heterocycles. The number of hydrogen-bond donors (Lipinski definition) is 1. The summed E-state index contributed by atoms with van der Waals surface area (Å²) in [6.45, 7) is 10.6. The molecule has 11 nitrogen and oxygen atoms in total. The summed E-state index contributed by atoms with van der Waals surface area (Å²) >= 11 is 8.89. The molecule has 0 saturated carbocycles. The third kappa shape index (κ3) is 31.9. The summed E-state index contributed by atoms with van der Waals surface area (Å²) in [7, 11) is 1.34. The predicted molar refractivity (Wildman–Crippen MR) is 192 cm³/mol. The number of alkyl halides is 1. The molecule has 49 heavy (non-hydrogen) atoms. The van der Waals surface area contributed by atoms with E-state index in [0.29, 0.717) is 0 Å². The molecule has 0 radical (unpaired) electrons. The van der Waals surface area contributed by atoms with Gasteiger partial charge >= 0.3 is 127 Å². The van der Waals surface area contributed by atoms with E-state index in [4.69, 9.17) is 29.4 Å². The van der Waals surface area contributed by atoms with Crippen molar-refractivity contribution in [1.82, 2.24) is 0 Å². The second kappa shape index (κ2) is 31.1. The zero-order valence-corrected chi connectivity index (χ0v) is 41.4. The van der Waals surface area contributed by atoms with E-state index in [2.05, 4.69) is 59.3 Å². The van der Waals surface area contributed by atoms with Crippen molar-refractivity contribution in [2.75, 3.05) is 12.0 Å². The Labute approximate surface area is 406 Å². The first-order valence-corrected chi connectivity index (χ1v) is 17.9. The van der Waals surface area contributed by atoms with Crippen LogP contribution in [0.3, 0.4) is 0 Å². The molecule has 0 spiro atoms. The van der Waals surface area contributed by atoms with Gasteiger partial charge in [-0.25, -0.2) is 0 Å². The largest absolute Gasteiger partial charge is 1.00 e. The first kappa shape index (κ1) is 56.5. The van der Waals surface area contributed by atoms with Gasteiger partial charge in [-0.2, -0.15) is 0 Å². The summed E-state index contributed by atoms with van der Waals surface area (Å²) < 4.78 is 17.1. The molecule has 0 unspecified atom stereocenters.